The van der Waals surface area contributed by atoms with E-state index in [9.17, 15) is 21.6 Å². The SMILES string of the molecule is Cc1ccc(S(=O)(=O)Nc2cc(C(F)(F)F)cc(Br)c2C)cc1. The van der Waals surface area contributed by atoms with Crippen molar-refractivity contribution in [2.24, 2.45) is 0 Å². The molecular formula is C15H13BrF3NO2S. The van der Waals surface area contributed by atoms with E-state index in [0.717, 1.165) is 17.7 Å². The molecule has 0 aliphatic heterocycles. The van der Waals surface area contributed by atoms with Crippen LogP contribution in [0.1, 0.15) is 16.7 Å². The number of hydrogen-bond donors (Lipinski definition) is 1. The molecular weight excluding hydrogens is 395 g/mol. The number of anilines is 1. The number of aryl methyl sites for hydroxylation is 1. The third-order valence-electron chi connectivity index (χ3n) is 3.25. The van der Waals surface area contributed by atoms with Crippen LogP contribution in [-0.4, -0.2) is 8.42 Å². The lowest BCUT2D eigenvalue weighted by Crippen LogP contribution is -2.15. The zero-order valence-corrected chi connectivity index (χ0v) is 14.6. The van der Waals surface area contributed by atoms with Gasteiger partial charge in [0.05, 0.1) is 16.1 Å². The zero-order valence-electron chi connectivity index (χ0n) is 12.2. The molecule has 0 saturated carbocycles. The monoisotopic (exact) mass is 407 g/mol. The first-order valence-electron chi connectivity index (χ1n) is 6.47. The van der Waals surface area contributed by atoms with Gasteiger partial charge in [-0.1, -0.05) is 33.6 Å². The van der Waals surface area contributed by atoms with Crippen LogP contribution >= 0.6 is 15.9 Å². The van der Waals surface area contributed by atoms with Gasteiger partial charge in [-0.2, -0.15) is 13.2 Å². The Kier molecular flexibility index (Phi) is 4.77. The van der Waals surface area contributed by atoms with Crippen LogP contribution in [-0.2, 0) is 16.2 Å². The number of alkyl halides is 3. The van der Waals surface area contributed by atoms with Crippen LogP contribution in [0.3, 0.4) is 0 Å². The van der Waals surface area contributed by atoms with Crippen molar-refractivity contribution >= 4 is 31.6 Å². The summed E-state index contributed by atoms with van der Waals surface area (Å²) in [6.07, 6.45) is -4.57. The molecule has 2 aromatic carbocycles. The summed E-state index contributed by atoms with van der Waals surface area (Å²) in [5.41, 5.74) is 0.194. The Balaban J connectivity index is 2.47. The number of sulfonamides is 1. The maximum absolute atomic E-state index is 12.9. The third-order valence-corrected chi connectivity index (χ3v) is 5.45. The molecule has 0 atom stereocenters. The van der Waals surface area contributed by atoms with Crippen LogP contribution in [0.2, 0.25) is 0 Å². The van der Waals surface area contributed by atoms with Gasteiger partial charge in [0.2, 0.25) is 0 Å². The van der Waals surface area contributed by atoms with E-state index in [0.29, 0.717) is 5.56 Å². The Hall–Kier alpha value is -1.54. The largest absolute Gasteiger partial charge is 0.416 e. The molecule has 124 valence electrons. The van der Waals surface area contributed by atoms with Gasteiger partial charge in [-0.3, -0.25) is 4.72 Å². The van der Waals surface area contributed by atoms with E-state index in [1.54, 1.807) is 19.1 Å². The molecule has 3 nitrogen and oxygen atoms in total. The fraction of sp³-hybridized carbons (Fsp3) is 0.200. The maximum Gasteiger partial charge on any atom is 0.416 e. The molecule has 0 aliphatic rings. The molecule has 0 fully saturated rings. The summed E-state index contributed by atoms with van der Waals surface area (Å²) in [5, 5.41) is 0. The third kappa shape index (κ3) is 4.06. The minimum atomic E-state index is -4.57. The highest BCUT2D eigenvalue weighted by Crippen LogP contribution is 2.36. The Labute approximate surface area is 140 Å². The topological polar surface area (TPSA) is 46.2 Å². The van der Waals surface area contributed by atoms with E-state index >= 15 is 0 Å². The molecule has 8 heteroatoms. The summed E-state index contributed by atoms with van der Waals surface area (Å²) in [7, 11) is -3.97. The van der Waals surface area contributed by atoms with Crippen LogP contribution in [0.25, 0.3) is 0 Å². The van der Waals surface area contributed by atoms with Crippen molar-refractivity contribution in [3.63, 3.8) is 0 Å². The van der Waals surface area contributed by atoms with E-state index in [1.807, 2.05) is 0 Å². The van der Waals surface area contributed by atoms with Gasteiger partial charge in [0.15, 0.2) is 0 Å². The summed E-state index contributed by atoms with van der Waals surface area (Å²) < 4.78 is 65.7. The predicted octanol–water partition coefficient (Wildman–Crippen LogP) is 4.89. The molecule has 0 amide bonds. The molecule has 23 heavy (non-hydrogen) atoms. The molecule has 0 unspecified atom stereocenters. The molecule has 0 bridgehead atoms. The van der Waals surface area contributed by atoms with Crippen molar-refractivity contribution in [3.8, 4) is 0 Å². The second-order valence-electron chi connectivity index (χ2n) is 5.05. The average Bonchev–Trinajstić information content (AvgIpc) is 2.42. The molecule has 2 rings (SSSR count). The Morgan fingerprint density at radius 3 is 2.13 bits per heavy atom. The lowest BCUT2D eigenvalue weighted by atomic mass is 10.1. The van der Waals surface area contributed by atoms with Crippen molar-refractivity contribution in [1.82, 2.24) is 0 Å². The minimum absolute atomic E-state index is 0.0176. The first-order chi connectivity index (χ1) is 10.5. The molecule has 0 spiro atoms. The molecule has 0 aliphatic carbocycles. The fourth-order valence-electron chi connectivity index (χ4n) is 1.87. The number of halogens is 4. The number of rotatable bonds is 3. The van der Waals surface area contributed by atoms with E-state index < -0.39 is 21.8 Å². The summed E-state index contributed by atoms with van der Waals surface area (Å²) >= 11 is 3.03. The standard InChI is InChI=1S/C15H13BrF3NO2S/c1-9-3-5-12(6-4-9)23(21,22)20-14-8-11(15(17,18)19)7-13(16)10(14)2/h3-8,20H,1-2H3. The number of nitrogens with one attached hydrogen (secondary N) is 1. The molecule has 0 heterocycles. The zero-order chi connectivity index (χ0) is 17.4. The second kappa shape index (κ2) is 6.16. The van der Waals surface area contributed by atoms with E-state index in [-0.39, 0.29) is 15.1 Å². The van der Waals surface area contributed by atoms with Gasteiger partial charge in [0.1, 0.15) is 0 Å². The first kappa shape index (κ1) is 17.8. The summed E-state index contributed by atoms with van der Waals surface area (Å²) in [4.78, 5) is -0.0176. The van der Waals surface area contributed by atoms with Gasteiger partial charge < -0.3 is 0 Å². The normalized spacial score (nSPS) is 12.3. The Morgan fingerprint density at radius 1 is 1.04 bits per heavy atom. The van der Waals surface area contributed by atoms with Crippen LogP contribution < -0.4 is 4.72 Å². The van der Waals surface area contributed by atoms with Gasteiger partial charge in [-0.05, 0) is 43.7 Å². The van der Waals surface area contributed by atoms with Crippen LogP contribution in [0.15, 0.2) is 45.8 Å². The van der Waals surface area contributed by atoms with Gasteiger partial charge in [-0.25, -0.2) is 8.42 Å². The van der Waals surface area contributed by atoms with Crippen molar-refractivity contribution in [1.29, 1.82) is 0 Å². The maximum atomic E-state index is 12.9. The summed E-state index contributed by atoms with van der Waals surface area (Å²) in [6.45, 7) is 3.33. The van der Waals surface area contributed by atoms with Crippen LogP contribution in [0.5, 0.6) is 0 Å². The van der Waals surface area contributed by atoms with Crippen molar-refractivity contribution in [2.75, 3.05) is 4.72 Å². The van der Waals surface area contributed by atoms with E-state index in [2.05, 4.69) is 20.7 Å². The fourth-order valence-corrected chi connectivity index (χ4v) is 3.44. The number of hydrogen-bond acceptors (Lipinski definition) is 2. The predicted molar refractivity (Wildman–Crippen MR) is 85.9 cm³/mol. The highest BCUT2D eigenvalue weighted by molar-refractivity contribution is 9.10. The quantitative estimate of drug-likeness (QED) is 0.787. The van der Waals surface area contributed by atoms with E-state index in [1.165, 1.54) is 19.1 Å². The van der Waals surface area contributed by atoms with Gasteiger partial charge in [-0.15, -0.1) is 0 Å². The Bertz CT molecular complexity index is 831. The Morgan fingerprint density at radius 2 is 1.61 bits per heavy atom. The number of benzene rings is 2. The highest BCUT2D eigenvalue weighted by Gasteiger charge is 2.32. The van der Waals surface area contributed by atoms with E-state index in [4.69, 9.17) is 0 Å². The van der Waals surface area contributed by atoms with Gasteiger partial charge >= 0.3 is 6.18 Å². The smallest absolute Gasteiger partial charge is 0.279 e. The molecule has 1 N–H and O–H groups in total. The van der Waals surface area contributed by atoms with Gasteiger partial charge in [0.25, 0.3) is 10.0 Å². The summed E-state index contributed by atoms with van der Waals surface area (Å²) in [5.74, 6) is 0. The van der Waals surface area contributed by atoms with Crippen LogP contribution in [0, 0.1) is 13.8 Å². The lowest BCUT2D eigenvalue weighted by Gasteiger charge is -2.15. The highest BCUT2D eigenvalue weighted by atomic mass is 79.9. The van der Waals surface area contributed by atoms with Crippen molar-refractivity contribution in [3.05, 3.63) is 57.6 Å². The molecule has 0 radical (unpaired) electrons. The molecule has 0 aromatic heterocycles. The lowest BCUT2D eigenvalue weighted by molar-refractivity contribution is -0.137. The van der Waals surface area contributed by atoms with Gasteiger partial charge in [0, 0.05) is 4.47 Å². The van der Waals surface area contributed by atoms with Crippen molar-refractivity contribution in [2.45, 2.75) is 24.9 Å². The van der Waals surface area contributed by atoms with Crippen LogP contribution in [0.4, 0.5) is 18.9 Å². The molecule has 2 aromatic rings. The van der Waals surface area contributed by atoms with Crippen molar-refractivity contribution < 1.29 is 21.6 Å². The average molecular weight is 408 g/mol. The minimum Gasteiger partial charge on any atom is -0.279 e. The first-order valence-corrected chi connectivity index (χ1v) is 8.75. The second-order valence-corrected chi connectivity index (χ2v) is 7.58. The summed E-state index contributed by atoms with van der Waals surface area (Å²) in [6, 6.07) is 7.73. The molecule has 0 saturated heterocycles.